The zero-order valence-corrected chi connectivity index (χ0v) is 30.9. The number of aromatic nitrogens is 1. The van der Waals surface area contributed by atoms with Crippen LogP contribution in [0.15, 0.2) is 124 Å². The van der Waals surface area contributed by atoms with Crippen LogP contribution in [0.25, 0.3) is 21.8 Å². The van der Waals surface area contributed by atoms with Gasteiger partial charge in [-0.25, -0.2) is 4.98 Å². The Labute approximate surface area is 313 Å². The molecule has 260 valence electrons. The number of hydrogen-bond donors (Lipinski definition) is 1. The highest BCUT2D eigenvalue weighted by Crippen LogP contribution is 2.36. The molecule has 7 nitrogen and oxygen atoms in total. The molecule has 1 N–H and O–H groups in total. The van der Waals surface area contributed by atoms with E-state index in [2.05, 4.69) is 58.7 Å². The van der Waals surface area contributed by atoms with E-state index >= 15 is 0 Å². The fraction of sp³-hybridized carbons (Fsp3) is 0.220. The second kappa shape index (κ2) is 15.5. The summed E-state index contributed by atoms with van der Waals surface area (Å²) in [6.07, 6.45) is 0. The highest BCUT2D eigenvalue weighted by atomic mass is 35.5. The maximum Gasteiger partial charge on any atom is 0.119 e. The second-order valence-corrected chi connectivity index (χ2v) is 15.2. The highest BCUT2D eigenvalue weighted by Gasteiger charge is 2.29. The maximum absolute atomic E-state index is 13.4. The molecule has 0 bridgehead atoms. The van der Waals surface area contributed by atoms with Crippen molar-refractivity contribution in [2.45, 2.75) is 22.9 Å². The van der Waals surface area contributed by atoms with Crippen LogP contribution in [0.1, 0.15) is 11.1 Å². The van der Waals surface area contributed by atoms with Gasteiger partial charge in [-0.05, 0) is 84.8 Å². The molecule has 0 amide bonds. The molecule has 0 spiro atoms. The lowest BCUT2D eigenvalue weighted by atomic mass is 10.1. The molecule has 1 fully saturated rings. The van der Waals surface area contributed by atoms with Gasteiger partial charge in [0.05, 0.1) is 54.9 Å². The highest BCUT2D eigenvalue weighted by molar-refractivity contribution is 7.99. The van der Waals surface area contributed by atoms with E-state index in [0.717, 1.165) is 97.1 Å². The minimum absolute atomic E-state index is 0.111. The molecule has 1 aromatic heterocycles. The number of piperazine rings is 1. The average molecular weight is 737 g/mol. The molecule has 2 heterocycles. The molecule has 1 aliphatic heterocycles. The molecular weight excluding hydrogens is 697 g/mol. The molecule has 5 aromatic carbocycles. The fourth-order valence-electron chi connectivity index (χ4n) is 6.53. The van der Waals surface area contributed by atoms with Crippen molar-refractivity contribution in [1.82, 2.24) is 9.88 Å². The van der Waals surface area contributed by atoms with E-state index in [0.29, 0.717) is 16.6 Å². The Kier molecular flexibility index (Phi) is 10.7. The SMILES string of the molecule is COc1ccc2nc3ccc(Nc4cccc(Sc5ccccc5)c4CN=C([O-])CN4CC[N+](C)(Cc5ccc(Cl)c(Cl)c5)CC4)cc3cc2c1. The number of rotatable bonds is 11. The van der Waals surface area contributed by atoms with Gasteiger partial charge in [0.2, 0.25) is 0 Å². The van der Waals surface area contributed by atoms with E-state index in [1.807, 2.05) is 72.8 Å². The normalized spacial score (nSPS) is 14.9. The Balaban J connectivity index is 1.08. The van der Waals surface area contributed by atoms with Gasteiger partial charge in [-0.2, -0.15) is 0 Å². The smallest absolute Gasteiger partial charge is 0.119 e. The summed E-state index contributed by atoms with van der Waals surface area (Å²) in [4.78, 5) is 13.9. The fourth-order valence-corrected chi connectivity index (χ4v) is 7.84. The Morgan fingerprint density at radius 2 is 1.65 bits per heavy atom. The quantitative estimate of drug-likeness (QED) is 0.0621. The van der Waals surface area contributed by atoms with Crippen LogP contribution in [-0.4, -0.2) is 67.1 Å². The lowest BCUT2D eigenvalue weighted by Gasteiger charge is -2.42. The molecule has 0 radical (unpaired) electrons. The Morgan fingerprint density at radius 3 is 2.41 bits per heavy atom. The first kappa shape index (κ1) is 35.1. The molecule has 7 rings (SSSR count). The van der Waals surface area contributed by atoms with Crippen molar-refractivity contribution in [3.8, 4) is 5.75 Å². The Morgan fingerprint density at radius 1 is 0.882 bits per heavy atom. The molecule has 0 aliphatic carbocycles. The molecule has 1 saturated heterocycles. The number of halogens is 2. The van der Waals surface area contributed by atoms with E-state index in [1.54, 1.807) is 18.9 Å². The monoisotopic (exact) mass is 735 g/mol. The number of hydrogen-bond acceptors (Lipinski definition) is 7. The number of pyridine rings is 1. The predicted octanol–water partition coefficient (Wildman–Crippen LogP) is 8.82. The number of fused-ring (bicyclic) bond motifs is 2. The van der Waals surface area contributed by atoms with Crippen molar-refractivity contribution in [3.05, 3.63) is 130 Å². The molecule has 51 heavy (non-hydrogen) atoms. The van der Waals surface area contributed by atoms with Crippen LogP contribution >= 0.6 is 35.0 Å². The van der Waals surface area contributed by atoms with Gasteiger partial charge in [0.1, 0.15) is 12.3 Å². The number of anilines is 2. The van der Waals surface area contributed by atoms with E-state index in [9.17, 15) is 5.11 Å². The van der Waals surface area contributed by atoms with Gasteiger partial charge >= 0.3 is 0 Å². The third-order valence-electron chi connectivity index (χ3n) is 9.43. The van der Waals surface area contributed by atoms with Crippen molar-refractivity contribution in [2.75, 3.05) is 52.2 Å². The summed E-state index contributed by atoms with van der Waals surface area (Å²) in [6.45, 7) is 4.96. The number of aliphatic imine (C=N–C) groups is 1. The summed E-state index contributed by atoms with van der Waals surface area (Å²) in [5.74, 6) is 0.687. The number of nitrogens with zero attached hydrogens (tertiary/aromatic N) is 4. The first-order valence-corrected chi connectivity index (χ1v) is 18.5. The third-order valence-corrected chi connectivity index (χ3v) is 11.3. The zero-order valence-electron chi connectivity index (χ0n) is 28.6. The second-order valence-electron chi connectivity index (χ2n) is 13.2. The molecule has 1 aliphatic rings. The van der Waals surface area contributed by atoms with E-state index < -0.39 is 0 Å². The van der Waals surface area contributed by atoms with Crippen LogP contribution in [0.3, 0.4) is 0 Å². The van der Waals surface area contributed by atoms with Gasteiger partial charge in [-0.1, -0.05) is 65.3 Å². The van der Waals surface area contributed by atoms with Gasteiger partial charge in [0, 0.05) is 62.7 Å². The first-order valence-electron chi connectivity index (χ1n) is 16.9. The Bertz CT molecular complexity index is 2210. The summed E-state index contributed by atoms with van der Waals surface area (Å²) >= 11 is 14.1. The summed E-state index contributed by atoms with van der Waals surface area (Å²) in [5.41, 5.74) is 5.82. The van der Waals surface area contributed by atoms with E-state index in [1.165, 1.54) is 0 Å². The van der Waals surface area contributed by atoms with Gasteiger partial charge < -0.3 is 19.6 Å². The third kappa shape index (κ3) is 8.60. The lowest BCUT2D eigenvalue weighted by molar-refractivity contribution is -0.926. The van der Waals surface area contributed by atoms with Crippen LogP contribution in [0.4, 0.5) is 11.4 Å². The predicted molar refractivity (Wildman–Crippen MR) is 210 cm³/mol. The summed E-state index contributed by atoms with van der Waals surface area (Å²) < 4.78 is 6.32. The van der Waals surface area contributed by atoms with E-state index in [4.69, 9.17) is 32.9 Å². The van der Waals surface area contributed by atoms with Gasteiger partial charge in [-0.3, -0.25) is 9.89 Å². The summed E-state index contributed by atoms with van der Waals surface area (Å²) in [7, 11) is 3.93. The van der Waals surface area contributed by atoms with Crippen molar-refractivity contribution in [3.63, 3.8) is 0 Å². The van der Waals surface area contributed by atoms with Crippen LogP contribution < -0.4 is 15.2 Å². The van der Waals surface area contributed by atoms with Gasteiger partial charge in [0.25, 0.3) is 0 Å². The lowest BCUT2D eigenvalue weighted by Crippen LogP contribution is -2.57. The number of benzene rings is 5. The molecule has 0 saturated carbocycles. The minimum Gasteiger partial charge on any atom is -0.861 e. The number of methoxy groups -OCH3 is 1. The van der Waals surface area contributed by atoms with Crippen molar-refractivity contribution in [2.24, 2.45) is 4.99 Å². The number of likely N-dealkylation sites (N-methyl/N-ethyl adjacent to an activating group) is 1. The Hall–Kier alpha value is -4.31. The van der Waals surface area contributed by atoms with Crippen LogP contribution in [-0.2, 0) is 13.1 Å². The summed E-state index contributed by atoms with van der Waals surface area (Å²) in [5, 5.41) is 20.2. The average Bonchev–Trinajstić information content (AvgIpc) is 3.13. The molecule has 0 unspecified atom stereocenters. The number of ether oxygens (including phenoxy) is 1. The van der Waals surface area contributed by atoms with Crippen LogP contribution in [0.5, 0.6) is 5.75 Å². The van der Waals surface area contributed by atoms with Gasteiger partial charge in [-0.15, -0.1) is 0 Å². The number of nitrogens with one attached hydrogen (secondary N) is 1. The van der Waals surface area contributed by atoms with Crippen molar-refractivity contribution < 1.29 is 14.3 Å². The maximum atomic E-state index is 13.4. The number of quaternary nitrogens is 1. The summed E-state index contributed by atoms with van der Waals surface area (Å²) in [6, 6.07) is 36.5. The van der Waals surface area contributed by atoms with Crippen molar-refractivity contribution >= 4 is 74.0 Å². The standard InChI is InChI=1S/C41H39Cl2N5O2S/c1-48(27-28-11-14-35(42)36(43)21-28)19-17-47(18-20-48)26-41(49)44-25-34-39(9-6-10-40(34)51-33-7-4-3-5-8-33)45-31-12-15-37-29(23-31)22-30-24-32(50-2)13-16-38(30)46-37/h3-16,21-24,45H,17-20,25-27H2,1-2H3. The van der Waals surface area contributed by atoms with Crippen LogP contribution in [0.2, 0.25) is 10.0 Å². The van der Waals surface area contributed by atoms with E-state index in [-0.39, 0.29) is 12.4 Å². The van der Waals surface area contributed by atoms with Crippen molar-refractivity contribution in [1.29, 1.82) is 0 Å². The molecule has 10 heteroatoms. The zero-order chi connectivity index (χ0) is 35.4. The molecular formula is C41H39Cl2N5O2S. The largest absolute Gasteiger partial charge is 0.861 e. The van der Waals surface area contributed by atoms with Crippen LogP contribution in [0, 0.1) is 0 Å². The molecule has 0 atom stereocenters. The first-order chi connectivity index (χ1) is 24.7. The topological polar surface area (TPSA) is 72.8 Å². The molecule has 6 aromatic rings. The van der Waals surface area contributed by atoms with Gasteiger partial charge in [0.15, 0.2) is 0 Å². The minimum atomic E-state index is -0.111.